The number of hydrogen-bond acceptors (Lipinski definition) is 1. The van der Waals surface area contributed by atoms with Crippen LogP contribution in [0.3, 0.4) is 0 Å². The Morgan fingerprint density at radius 3 is 2.46 bits per heavy atom. The van der Waals surface area contributed by atoms with Crippen LogP contribution in [0.4, 0.5) is 23.7 Å². The zero-order valence-corrected chi connectivity index (χ0v) is 15.0. The van der Waals surface area contributed by atoms with Gasteiger partial charge in [0.2, 0.25) is 0 Å². The summed E-state index contributed by atoms with van der Waals surface area (Å²) in [6.07, 6.45) is 2.04. The molecule has 0 saturated carbocycles. The van der Waals surface area contributed by atoms with Gasteiger partial charge in [0.25, 0.3) is 0 Å². The number of nitrogens with one attached hydrogen (secondary N) is 3. The van der Waals surface area contributed by atoms with Crippen LogP contribution in [0.15, 0.2) is 24.3 Å². The van der Waals surface area contributed by atoms with Gasteiger partial charge in [-0.3, -0.25) is 0 Å². The van der Waals surface area contributed by atoms with Gasteiger partial charge in [-0.15, -0.1) is 0 Å². The normalized spacial score (nSPS) is 28.5. The standard InChI is InChI=1S/C19H26F3N3O/c1-2-10-25-14-6-5-7-15(25)12-13(11-14)23-18(26)24-17-9-4-3-8-16(17)19(20,21)22/h3-4,8-9,13-15H,2,5-7,10-12H2,1H3,(H2,23,24,26)/p+1/t13?,14-,15+. The lowest BCUT2D eigenvalue weighted by molar-refractivity contribution is -0.961. The number of carbonyl (C=O) groups excluding carboxylic acids is 1. The Kier molecular flexibility index (Phi) is 5.75. The smallest absolute Gasteiger partial charge is 0.335 e. The summed E-state index contributed by atoms with van der Waals surface area (Å²) < 4.78 is 39.2. The van der Waals surface area contributed by atoms with E-state index in [9.17, 15) is 18.0 Å². The number of alkyl halides is 3. The van der Waals surface area contributed by atoms with E-state index in [-0.39, 0.29) is 11.7 Å². The Balaban J connectivity index is 1.62. The van der Waals surface area contributed by atoms with Crippen LogP contribution in [0.5, 0.6) is 0 Å². The molecule has 2 aliphatic heterocycles. The molecule has 4 atom stereocenters. The fourth-order valence-corrected chi connectivity index (χ4v) is 4.63. The molecule has 2 saturated heterocycles. The van der Waals surface area contributed by atoms with Gasteiger partial charge in [-0.1, -0.05) is 19.1 Å². The van der Waals surface area contributed by atoms with Crippen molar-refractivity contribution in [1.82, 2.24) is 5.32 Å². The number of benzene rings is 1. The molecule has 7 heteroatoms. The number of fused-ring (bicyclic) bond motifs is 2. The summed E-state index contributed by atoms with van der Waals surface area (Å²) in [7, 11) is 0. The first-order valence-corrected chi connectivity index (χ1v) is 9.47. The highest BCUT2D eigenvalue weighted by Gasteiger charge is 2.41. The molecule has 2 bridgehead atoms. The lowest BCUT2D eigenvalue weighted by Crippen LogP contribution is -3.21. The lowest BCUT2D eigenvalue weighted by atomic mass is 9.81. The van der Waals surface area contributed by atoms with Crippen LogP contribution in [0.2, 0.25) is 0 Å². The van der Waals surface area contributed by atoms with Crippen molar-refractivity contribution < 1.29 is 22.9 Å². The van der Waals surface area contributed by atoms with E-state index in [1.807, 2.05) is 0 Å². The third kappa shape index (κ3) is 4.31. The van der Waals surface area contributed by atoms with Crippen molar-refractivity contribution in [3.8, 4) is 0 Å². The Bertz CT molecular complexity index is 621. The van der Waals surface area contributed by atoms with Crippen LogP contribution < -0.4 is 15.5 Å². The SMILES string of the molecule is CCC[NH+]1[C@@H]2CCC[C@H]1CC(NC(=O)Nc1ccccc1C(F)(F)F)C2. The summed E-state index contributed by atoms with van der Waals surface area (Å²) in [5.41, 5.74) is -1.03. The highest BCUT2D eigenvalue weighted by Crippen LogP contribution is 2.34. The Hall–Kier alpha value is -1.76. The molecule has 0 spiro atoms. The predicted octanol–water partition coefficient (Wildman–Crippen LogP) is 3.21. The summed E-state index contributed by atoms with van der Waals surface area (Å²) in [5, 5.41) is 5.30. The molecule has 2 unspecified atom stereocenters. The van der Waals surface area contributed by atoms with Crippen molar-refractivity contribution in [2.75, 3.05) is 11.9 Å². The van der Waals surface area contributed by atoms with Crippen LogP contribution in [0.25, 0.3) is 0 Å². The highest BCUT2D eigenvalue weighted by molar-refractivity contribution is 5.90. The van der Waals surface area contributed by atoms with Crippen LogP contribution in [0, 0.1) is 0 Å². The number of halogens is 3. The Morgan fingerprint density at radius 1 is 1.19 bits per heavy atom. The maximum absolute atomic E-state index is 13.1. The van der Waals surface area contributed by atoms with Crippen molar-refractivity contribution in [2.45, 2.75) is 69.8 Å². The first-order valence-electron chi connectivity index (χ1n) is 9.47. The number of quaternary nitrogens is 1. The summed E-state index contributed by atoms with van der Waals surface area (Å²) in [6.45, 7) is 3.35. The van der Waals surface area contributed by atoms with Crippen LogP contribution in [0.1, 0.15) is 51.0 Å². The molecular formula is C19H27F3N3O+. The van der Waals surface area contributed by atoms with E-state index in [2.05, 4.69) is 17.6 Å². The third-order valence-electron chi connectivity index (χ3n) is 5.65. The van der Waals surface area contributed by atoms with E-state index in [0.29, 0.717) is 12.1 Å². The second-order valence-electron chi connectivity index (χ2n) is 7.46. The number of anilines is 1. The van der Waals surface area contributed by atoms with Gasteiger partial charge in [0.1, 0.15) is 0 Å². The largest absolute Gasteiger partial charge is 0.418 e. The second-order valence-corrected chi connectivity index (χ2v) is 7.46. The molecular weight excluding hydrogens is 343 g/mol. The van der Waals surface area contributed by atoms with E-state index in [4.69, 9.17) is 0 Å². The minimum atomic E-state index is -4.49. The van der Waals surface area contributed by atoms with Gasteiger partial charge in [-0.2, -0.15) is 13.2 Å². The third-order valence-corrected chi connectivity index (χ3v) is 5.65. The van der Waals surface area contributed by atoms with E-state index < -0.39 is 17.8 Å². The fourth-order valence-electron chi connectivity index (χ4n) is 4.63. The molecule has 2 fully saturated rings. The summed E-state index contributed by atoms with van der Waals surface area (Å²) in [5.74, 6) is 0. The minimum absolute atomic E-state index is 0.0314. The number of rotatable bonds is 4. The topological polar surface area (TPSA) is 45.6 Å². The first kappa shape index (κ1) is 19.0. The minimum Gasteiger partial charge on any atom is -0.335 e. The van der Waals surface area contributed by atoms with Crippen molar-refractivity contribution >= 4 is 11.7 Å². The summed E-state index contributed by atoms with van der Waals surface area (Å²) in [4.78, 5) is 13.9. The van der Waals surface area contributed by atoms with E-state index in [0.717, 1.165) is 31.9 Å². The number of para-hydroxylation sites is 1. The van der Waals surface area contributed by atoms with Crippen LogP contribution in [-0.4, -0.2) is 30.7 Å². The Labute approximate surface area is 152 Å². The average Bonchev–Trinajstić information content (AvgIpc) is 2.55. The number of carbonyl (C=O) groups is 1. The molecule has 2 amide bonds. The quantitative estimate of drug-likeness (QED) is 0.749. The zero-order valence-electron chi connectivity index (χ0n) is 15.0. The van der Waals surface area contributed by atoms with E-state index in [1.165, 1.54) is 37.5 Å². The molecule has 0 aromatic heterocycles. The van der Waals surface area contributed by atoms with Crippen molar-refractivity contribution in [3.05, 3.63) is 29.8 Å². The van der Waals surface area contributed by atoms with Gasteiger partial charge < -0.3 is 15.5 Å². The molecule has 3 rings (SSSR count). The lowest BCUT2D eigenvalue weighted by Gasteiger charge is -2.45. The first-order chi connectivity index (χ1) is 12.4. The number of urea groups is 1. The number of hydrogen-bond donors (Lipinski definition) is 3. The van der Waals surface area contributed by atoms with Crippen LogP contribution in [-0.2, 0) is 6.18 Å². The molecule has 26 heavy (non-hydrogen) atoms. The zero-order chi connectivity index (χ0) is 18.7. The molecule has 144 valence electrons. The van der Waals surface area contributed by atoms with Gasteiger partial charge in [-0.25, -0.2) is 4.79 Å². The summed E-state index contributed by atoms with van der Waals surface area (Å²) >= 11 is 0. The molecule has 0 aliphatic carbocycles. The molecule has 0 radical (unpaired) electrons. The maximum atomic E-state index is 13.1. The number of piperidine rings is 2. The maximum Gasteiger partial charge on any atom is 0.418 e. The van der Waals surface area contributed by atoms with Gasteiger partial charge in [-0.05, 0) is 37.8 Å². The van der Waals surface area contributed by atoms with Crippen molar-refractivity contribution in [3.63, 3.8) is 0 Å². The Morgan fingerprint density at radius 2 is 1.85 bits per heavy atom. The van der Waals surface area contributed by atoms with E-state index in [1.54, 1.807) is 4.90 Å². The van der Waals surface area contributed by atoms with Gasteiger partial charge >= 0.3 is 12.2 Å². The number of amides is 2. The van der Waals surface area contributed by atoms with Gasteiger partial charge in [0, 0.05) is 18.9 Å². The highest BCUT2D eigenvalue weighted by atomic mass is 19.4. The van der Waals surface area contributed by atoms with Gasteiger partial charge in [0.15, 0.2) is 0 Å². The van der Waals surface area contributed by atoms with Gasteiger partial charge in [0.05, 0.1) is 29.9 Å². The molecule has 2 aliphatic rings. The fraction of sp³-hybridized carbons (Fsp3) is 0.632. The van der Waals surface area contributed by atoms with Crippen LogP contribution >= 0.6 is 0 Å². The molecule has 4 nitrogen and oxygen atoms in total. The average molecular weight is 370 g/mol. The van der Waals surface area contributed by atoms with Crippen molar-refractivity contribution in [1.29, 1.82) is 0 Å². The molecule has 3 N–H and O–H groups in total. The van der Waals surface area contributed by atoms with E-state index >= 15 is 0 Å². The predicted molar refractivity (Wildman–Crippen MR) is 94.2 cm³/mol. The molecule has 1 aromatic carbocycles. The second kappa shape index (κ2) is 7.86. The summed E-state index contributed by atoms with van der Waals surface area (Å²) in [6, 6.07) is 5.65. The monoisotopic (exact) mass is 370 g/mol. The van der Waals surface area contributed by atoms with Crippen molar-refractivity contribution in [2.24, 2.45) is 0 Å². The molecule has 2 heterocycles. The molecule has 1 aromatic rings.